The van der Waals surface area contributed by atoms with E-state index >= 15 is 0 Å². The number of para-hydroxylation sites is 1. The third kappa shape index (κ3) is 5.26. The molecule has 0 saturated carbocycles. The minimum absolute atomic E-state index is 0.255. The lowest BCUT2D eigenvalue weighted by atomic mass is 10.2. The molecule has 0 atom stereocenters. The molecule has 0 aliphatic carbocycles. The highest BCUT2D eigenvalue weighted by atomic mass is 32.2. The van der Waals surface area contributed by atoms with Crippen LogP contribution in [0.15, 0.2) is 83.9 Å². The van der Waals surface area contributed by atoms with Crippen molar-refractivity contribution in [3.05, 3.63) is 101 Å². The number of hydrogen-bond donors (Lipinski definition) is 1. The molecule has 0 bridgehead atoms. The molecule has 0 aliphatic rings. The molecule has 1 aromatic carbocycles. The Morgan fingerprint density at radius 3 is 2.63 bits per heavy atom. The first-order valence-corrected chi connectivity index (χ1v) is 12.4. The largest absolute Gasteiger partial charge is 0.347 e. The van der Waals surface area contributed by atoms with Gasteiger partial charge in [-0.2, -0.15) is 0 Å². The standard InChI is InChI=1S/C24H18FN7OS2/c25-18-7-1-2-8-20(18)32-22(17-6-4-10-27-13-17)30-31-24(32)35-15-21-29-19(14-34-21)23(33)28-12-16-5-3-9-26-11-16/h1-11,13-14H,12,15H2,(H,28,33). The molecule has 0 saturated heterocycles. The van der Waals surface area contributed by atoms with Gasteiger partial charge in [-0.1, -0.05) is 30.0 Å². The first kappa shape index (κ1) is 22.8. The van der Waals surface area contributed by atoms with Crippen molar-refractivity contribution >= 4 is 29.0 Å². The van der Waals surface area contributed by atoms with Crippen molar-refractivity contribution in [3.8, 4) is 17.1 Å². The fraction of sp³-hybridized carbons (Fsp3) is 0.0833. The van der Waals surface area contributed by atoms with Gasteiger partial charge in [0.05, 0.1) is 11.4 Å². The first-order valence-electron chi connectivity index (χ1n) is 10.5. The van der Waals surface area contributed by atoms with Crippen LogP contribution in [-0.2, 0) is 12.3 Å². The van der Waals surface area contributed by atoms with Crippen LogP contribution in [0.4, 0.5) is 4.39 Å². The Labute approximate surface area is 208 Å². The number of nitrogens with one attached hydrogen (secondary N) is 1. The normalized spacial score (nSPS) is 10.9. The summed E-state index contributed by atoms with van der Waals surface area (Å²) in [6.45, 7) is 0.372. The van der Waals surface area contributed by atoms with Gasteiger partial charge in [0.25, 0.3) is 5.91 Å². The molecule has 5 rings (SSSR count). The number of nitrogens with zero attached hydrogens (tertiary/aromatic N) is 6. The van der Waals surface area contributed by atoms with Gasteiger partial charge in [0.1, 0.15) is 16.5 Å². The summed E-state index contributed by atoms with van der Waals surface area (Å²) in [5.41, 5.74) is 2.32. The molecule has 0 aliphatic heterocycles. The fourth-order valence-corrected chi connectivity index (χ4v) is 5.02. The number of rotatable bonds is 8. The van der Waals surface area contributed by atoms with Crippen LogP contribution in [-0.4, -0.2) is 35.6 Å². The van der Waals surface area contributed by atoms with E-state index in [1.807, 2.05) is 18.2 Å². The summed E-state index contributed by atoms with van der Waals surface area (Å²) in [6, 6.07) is 13.8. The number of carbonyl (C=O) groups is 1. The summed E-state index contributed by atoms with van der Waals surface area (Å²) in [4.78, 5) is 25.1. The zero-order valence-electron chi connectivity index (χ0n) is 18.2. The number of aromatic nitrogens is 6. The molecule has 0 fully saturated rings. The highest BCUT2D eigenvalue weighted by Crippen LogP contribution is 2.31. The van der Waals surface area contributed by atoms with Crippen LogP contribution < -0.4 is 5.32 Å². The van der Waals surface area contributed by atoms with Gasteiger partial charge in [-0.25, -0.2) is 9.37 Å². The molecule has 174 valence electrons. The van der Waals surface area contributed by atoms with Gasteiger partial charge in [-0.15, -0.1) is 21.5 Å². The molecule has 4 heterocycles. The second kappa shape index (κ2) is 10.5. The van der Waals surface area contributed by atoms with Gasteiger partial charge in [0.2, 0.25) is 0 Å². The van der Waals surface area contributed by atoms with E-state index < -0.39 is 0 Å². The van der Waals surface area contributed by atoms with E-state index in [1.54, 1.807) is 59.0 Å². The second-order valence-electron chi connectivity index (χ2n) is 7.29. The summed E-state index contributed by atoms with van der Waals surface area (Å²) >= 11 is 2.74. The second-order valence-corrected chi connectivity index (χ2v) is 9.18. The van der Waals surface area contributed by atoms with Crippen molar-refractivity contribution in [1.82, 2.24) is 35.0 Å². The Morgan fingerprint density at radius 1 is 1.03 bits per heavy atom. The Hall–Kier alpha value is -3.96. The average Bonchev–Trinajstić information content (AvgIpc) is 3.55. The van der Waals surface area contributed by atoms with Gasteiger partial charge < -0.3 is 5.32 Å². The highest BCUT2D eigenvalue weighted by molar-refractivity contribution is 7.98. The summed E-state index contributed by atoms with van der Waals surface area (Å²) < 4.78 is 16.4. The van der Waals surface area contributed by atoms with Crippen molar-refractivity contribution in [3.63, 3.8) is 0 Å². The minimum Gasteiger partial charge on any atom is -0.347 e. The molecule has 5 aromatic rings. The van der Waals surface area contributed by atoms with Crippen LogP contribution in [0.5, 0.6) is 0 Å². The molecule has 4 aromatic heterocycles. The van der Waals surface area contributed by atoms with Crippen LogP contribution in [0.1, 0.15) is 21.1 Å². The number of hydrogen-bond acceptors (Lipinski definition) is 8. The zero-order chi connectivity index (χ0) is 24.0. The Balaban J connectivity index is 1.33. The van der Waals surface area contributed by atoms with Crippen molar-refractivity contribution in [2.24, 2.45) is 0 Å². The Bertz CT molecular complexity index is 1440. The number of amides is 1. The number of thioether (sulfide) groups is 1. The van der Waals surface area contributed by atoms with Gasteiger partial charge in [-0.05, 0) is 35.9 Å². The lowest BCUT2D eigenvalue weighted by Gasteiger charge is -2.10. The number of halogens is 1. The summed E-state index contributed by atoms with van der Waals surface area (Å²) in [6.07, 6.45) is 6.71. The summed E-state index contributed by atoms with van der Waals surface area (Å²) in [5, 5.41) is 14.4. The van der Waals surface area contributed by atoms with Crippen molar-refractivity contribution in [1.29, 1.82) is 0 Å². The van der Waals surface area contributed by atoms with Crippen LogP contribution >= 0.6 is 23.1 Å². The molecule has 0 radical (unpaired) electrons. The average molecular weight is 504 g/mol. The molecule has 1 amide bonds. The fourth-order valence-electron chi connectivity index (χ4n) is 3.28. The van der Waals surface area contributed by atoms with Gasteiger partial charge in [-0.3, -0.25) is 19.3 Å². The van der Waals surface area contributed by atoms with Crippen LogP contribution in [0.3, 0.4) is 0 Å². The van der Waals surface area contributed by atoms with Crippen molar-refractivity contribution < 1.29 is 9.18 Å². The number of benzene rings is 1. The molecule has 35 heavy (non-hydrogen) atoms. The van der Waals surface area contributed by atoms with Gasteiger partial charge in [0.15, 0.2) is 11.0 Å². The van der Waals surface area contributed by atoms with E-state index in [-0.39, 0.29) is 11.7 Å². The molecule has 1 N–H and O–H groups in total. The predicted octanol–water partition coefficient (Wildman–Crippen LogP) is 4.54. The van der Waals surface area contributed by atoms with Crippen molar-refractivity contribution in [2.75, 3.05) is 0 Å². The smallest absolute Gasteiger partial charge is 0.271 e. The number of thiazole rings is 1. The predicted molar refractivity (Wildman–Crippen MR) is 132 cm³/mol. The van der Waals surface area contributed by atoms with Crippen LogP contribution in [0.25, 0.3) is 17.1 Å². The van der Waals surface area contributed by atoms with E-state index in [9.17, 15) is 9.18 Å². The molecule has 11 heteroatoms. The number of carbonyl (C=O) groups excluding carboxylic acids is 1. The van der Waals surface area contributed by atoms with E-state index in [4.69, 9.17) is 0 Å². The Kier molecular flexibility index (Phi) is 6.87. The topological polar surface area (TPSA) is 98.5 Å². The number of pyridine rings is 2. The molecular formula is C24H18FN7OS2. The molecule has 0 unspecified atom stereocenters. The van der Waals surface area contributed by atoms with E-state index in [2.05, 4.69) is 30.5 Å². The lowest BCUT2D eigenvalue weighted by Crippen LogP contribution is -2.23. The van der Waals surface area contributed by atoms with E-state index in [0.717, 1.165) is 16.1 Å². The quantitative estimate of drug-likeness (QED) is 0.310. The van der Waals surface area contributed by atoms with Crippen molar-refractivity contribution in [2.45, 2.75) is 17.5 Å². The van der Waals surface area contributed by atoms with Crippen LogP contribution in [0, 0.1) is 5.82 Å². The SMILES string of the molecule is O=C(NCc1cccnc1)c1csc(CSc2nnc(-c3cccnc3)n2-c2ccccc2F)n1. The zero-order valence-corrected chi connectivity index (χ0v) is 19.8. The molecule has 0 spiro atoms. The van der Waals surface area contributed by atoms with Gasteiger partial charge >= 0.3 is 0 Å². The monoisotopic (exact) mass is 503 g/mol. The van der Waals surface area contributed by atoms with Crippen LogP contribution in [0.2, 0.25) is 0 Å². The van der Waals surface area contributed by atoms with Gasteiger partial charge in [0, 0.05) is 42.3 Å². The maximum atomic E-state index is 14.7. The summed E-state index contributed by atoms with van der Waals surface area (Å²) in [7, 11) is 0. The molecular weight excluding hydrogens is 485 g/mol. The molecule has 8 nitrogen and oxygen atoms in total. The minimum atomic E-state index is -0.388. The Morgan fingerprint density at radius 2 is 1.86 bits per heavy atom. The maximum absolute atomic E-state index is 14.7. The third-order valence-electron chi connectivity index (χ3n) is 4.93. The first-order chi connectivity index (χ1) is 17.2. The van der Waals surface area contributed by atoms with E-state index in [1.165, 1.54) is 29.2 Å². The van der Waals surface area contributed by atoms with E-state index in [0.29, 0.717) is 34.7 Å². The summed E-state index contributed by atoms with van der Waals surface area (Å²) in [5.74, 6) is 0.288. The maximum Gasteiger partial charge on any atom is 0.271 e. The third-order valence-corrected chi connectivity index (χ3v) is 6.90. The lowest BCUT2D eigenvalue weighted by molar-refractivity contribution is 0.0946. The highest BCUT2D eigenvalue weighted by Gasteiger charge is 2.19.